The standard InChI is InChI=1S/C21H25N3O4S/c1-21(2,3)24-29(27,28)16-12-8-14(9-13-16)19(25)23-18-7-5-4-6-17(18)20(26)22-15-10-11-15/h4-9,12-13,15,24H,10-11H2,1-3H3,(H,22,26)(H,23,25). The van der Waals surface area contributed by atoms with E-state index >= 15 is 0 Å². The largest absolute Gasteiger partial charge is 0.349 e. The third kappa shape index (κ3) is 5.65. The fraction of sp³-hybridized carbons (Fsp3) is 0.333. The van der Waals surface area contributed by atoms with Crippen molar-refractivity contribution >= 4 is 27.5 Å². The molecule has 154 valence electrons. The van der Waals surface area contributed by atoms with Gasteiger partial charge in [-0.25, -0.2) is 13.1 Å². The molecule has 0 bridgehead atoms. The molecule has 29 heavy (non-hydrogen) atoms. The van der Waals surface area contributed by atoms with Gasteiger partial charge in [-0.05, 0) is 70.0 Å². The van der Waals surface area contributed by atoms with Gasteiger partial charge < -0.3 is 10.6 Å². The molecule has 2 aromatic rings. The minimum Gasteiger partial charge on any atom is -0.349 e. The molecule has 1 aliphatic carbocycles. The highest BCUT2D eigenvalue weighted by Crippen LogP contribution is 2.22. The van der Waals surface area contributed by atoms with Crippen molar-refractivity contribution in [3.05, 3.63) is 59.7 Å². The Bertz CT molecular complexity index is 1020. The van der Waals surface area contributed by atoms with Crippen LogP contribution in [0, 0.1) is 0 Å². The van der Waals surface area contributed by atoms with Crippen LogP contribution in [-0.2, 0) is 10.0 Å². The van der Waals surface area contributed by atoms with Gasteiger partial charge in [0.2, 0.25) is 10.0 Å². The molecule has 0 radical (unpaired) electrons. The number of hydrogen-bond acceptors (Lipinski definition) is 4. The maximum atomic E-state index is 12.6. The summed E-state index contributed by atoms with van der Waals surface area (Å²) in [7, 11) is -3.68. The number of amides is 2. The molecule has 1 fully saturated rings. The molecule has 0 heterocycles. The van der Waals surface area contributed by atoms with Gasteiger partial charge in [-0.15, -0.1) is 0 Å². The Kier molecular flexibility index (Phi) is 5.77. The molecule has 3 rings (SSSR count). The average Bonchev–Trinajstić information content (AvgIpc) is 3.44. The summed E-state index contributed by atoms with van der Waals surface area (Å²) in [5, 5.41) is 5.64. The third-order valence-corrected chi connectivity index (χ3v) is 5.97. The molecule has 7 nitrogen and oxygen atoms in total. The Morgan fingerprint density at radius 3 is 2.14 bits per heavy atom. The molecule has 2 amide bonds. The molecule has 0 aromatic heterocycles. The van der Waals surface area contributed by atoms with E-state index in [1.807, 2.05) is 0 Å². The van der Waals surface area contributed by atoms with Gasteiger partial charge in [0, 0.05) is 17.1 Å². The third-order valence-electron chi connectivity index (χ3n) is 4.20. The van der Waals surface area contributed by atoms with E-state index in [1.165, 1.54) is 24.3 Å². The van der Waals surface area contributed by atoms with E-state index < -0.39 is 21.5 Å². The zero-order chi connectivity index (χ0) is 21.2. The lowest BCUT2D eigenvalue weighted by atomic mass is 10.1. The van der Waals surface area contributed by atoms with Crippen molar-refractivity contribution < 1.29 is 18.0 Å². The molecule has 0 spiro atoms. The molecule has 0 unspecified atom stereocenters. The molecule has 1 saturated carbocycles. The topological polar surface area (TPSA) is 104 Å². The number of rotatable bonds is 6. The van der Waals surface area contributed by atoms with Crippen LogP contribution >= 0.6 is 0 Å². The Morgan fingerprint density at radius 2 is 1.55 bits per heavy atom. The second-order valence-electron chi connectivity index (χ2n) is 8.13. The number of carbonyl (C=O) groups excluding carboxylic acids is 2. The Labute approximate surface area is 171 Å². The fourth-order valence-corrected chi connectivity index (χ4v) is 4.14. The maximum Gasteiger partial charge on any atom is 0.255 e. The number of benzene rings is 2. The first-order valence-electron chi connectivity index (χ1n) is 9.40. The van der Waals surface area contributed by atoms with E-state index in [2.05, 4.69) is 15.4 Å². The highest BCUT2D eigenvalue weighted by atomic mass is 32.2. The fourth-order valence-electron chi connectivity index (χ4n) is 2.72. The van der Waals surface area contributed by atoms with Gasteiger partial charge in [-0.2, -0.15) is 0 Å². The first-order chi connectivity index (χ1) is 13.5. The van der Waals surface area contributed by atoms with Crippen molar-refractivity contribution in [1.82, 2.24) is 10.0 Å². The van der Waals surface area contributed by atoms with Crippen LogP contribution in [0.4, 0.5) is 5.69 Å². The minimum atomic E-state index is -3.68. The first kappa shape index (κ1) is 21.0. The number of hydrogen-bond donors (Lipinski definition) is 3. The lowest BCUT2D eigenvalue weighted by Crippen LogP contribution is -2.40. The zero-order valence-electron chi connectivity index (χ0n) is 16.7. The Morgan fingerprint density at radius 1 is 0.931 bits per heavy atom. The number of anilines is 1. The highest BCUT2D eigenvalue weighted by molar-refractivity contribution is 7.89. The van der Waals surface area contributed by atoms with Crippen molar-refractivity contribution in [3.8, 4) is 0 Å². The summed E-state index contributed by atoms with van der Waals surface area (Å²) in [5.74, 6) is -0.650. The number of sulfonamides is 1. The molecule has 0 saturated heterocycles. The lowest BCUT2D eigenvalue weighted by molar-refractivity contribution is 0.0952. The van der Waals surface area contributed by atoms with E-state index in [0.29, 0.717) is 11.3 Å². The van der Waals surface area contributed by atoms with Gasteiger partial charge >= 0.3 is 0 Å². The van der Waals surface area contributed by atoms with Crippen LogP contribution in [0.15, 0.2) is 53.4 Å². The predicted octanol–water partition coefficient (Wildman–Crippen LogP) is 2.91. The van der Waals surface area contributed by atoms with Crippen LogP contribution in [0.1, 0.15) is 54.3 Å². The summed E-state index contributed by atoms with van der Waals surface area (Å²) in [6, 6.07) is 12.6. The van der Waals surface area contributed by atoms with Crippen LogP contribution in [0.2, 0.25) is 0 Å². The van der Waals surface area contributed by atoms with Crippen LogP contribution < -0.4 is 15.4 Å². The maximum absolute atomic E-state index is 12.6. The van der Waals surface area contributed by atoms with E-state index in [1.54, 1.807) is 45.0 Å². The van der Waals surface area contributed by atoms with Crippen LogP contribution in [0.3, 0.4) is 0 Å². The summed E-state index contributed by atoms with van der Waals surface area (Å²) < 4.78 is 27.3. The number of nitrogens with one attached hydrogen (secondary N) is 3. The van der Waals surface area contributed by atoms with E-state index in [4.69, 9.17) is 0 Å². The zero-order valence-corrected chi connectivity index (χ0v) is 17.5. The van der Waals surface area contributed by atoms with Crippen molar-refractivity contribution in [2.45, 2.75) is 50.1 Å². The van der Waals surface area contributed by atoms with Crippen molar-refractivity contribution in [2.24, 2.45) is 0 Å². The summed E-state index contributed by atoms with van der Waals surface area (Å²) in [4.78, 5) is 25.0. The van der Waals surface area contributed by atoms with Crippen molar-refractivity contribution in [3.63, 3.8) is 0 Å². The molecule has 0 aliphatic heterocycles. The van der Waals surface area contributed by atoms with Crippen LogP contribution in [-0.4, -0.2) is 31.8 Å². The molecular weight excluding hydrogens is 390 g/mol. The second-order valence-corrected chi connectivity index (χ2v) is 9.81. The average molecular weight is 416 g/mol. The molecular formula is C21H25N3O4S. The van der Waals surface area contributed by atoms with E-state index in [-0.39, 0.29) is 22.4 Å². The van der Waals surface area contributed by atoms with Gasteiger partial charge in [-0.1, -0.05) is 12.1 Å². The van der Waals surface area contributed by atoms with Crippen LogP contribution in [0.25, 0.3) is 0 Å². The highest BCUT2D eigenvalue weighted by Gasteiger charge is 2.25. The van der Waals surface area contributed by atoms with Gasteiger partial charge in [-0.3, -0.25) is 9.59 Å². The summed E-state index contributed by atoms with van der Waals surface area (Å²) in [6.45, 7) is 5.26. The van der Waals surface area contributed by atoms with Gasteiger partial charge in [0.25, 0.3) is 11.8 Å². The number of carbonyl (C=O) groups is 2. The summed E-state index contributed by atoms with van der Waals surface area (Å²) in [6.07, 6.45) is 1.94. The predicted molar refractivity (Wildman–Crippen MR) is 111 cm³/mol. The first-order valence-corrected chi connectivity index (χ1v) is 10.9. The Balaban J connectivity index is 1.74. The molecule has 0 atom stereocenters. The quantitative estimate of drug-likeness (QED) is 0.675. The Hall–Kier alpha value is -2.71. The molecule has 3 N–H and O–H groups in total. The van der Waals surface area contributed by atoms with Crippen molar-refractivity contribution in [2.75, 3.05) is 5.32 Å². The lowest BCUT2D eigenvalue weighted by Gasteiger charge is -2.20. The summed E-state index contributed by atoms with van der Waals surface area (Å²) in [5.41, 5.74) is 0.472. The monoisotopic (exact) mass is 415 g/mol. The summed E-state index contributed by atoms with van der Waals surface area (Å²) >= 11 is 0. The normalized spacial score (nSPS) is 14.3. The molecule has 1 aliphatic rings. The molecule has 8 heteroatoms. The van der Waals surface area contributed by atoms with E-state index in [9.17, 15) is 18.0 Å². The van der Waals surface area contributed by atoms with Crippen LogP contribution in [0.5, 0.6) is 0 Å². The minimum absolute atomic E-state index is 0.0770. The SMILES string of the molecule is CC(C)(C)NS(=O)(=O)c1ccc(C(=O)Nc2ccccc2C(=O)NC2CC2)cc1. The van der Waals surface area contributed by atoms with Gasteiger partial charge in [0.05, 0.1) is 16.1 Å². The second kappa shape index (κ2) is 7.96. The van der Waals surface area contributed by atoms with E-state index in [0.717, 1.165) is 12.8 Å². The van der Waals surface area contributed by atoms with Crippen molar-refractivity contribution in [1.29, 1.82) is 0 Å². The van der Waals surface area contributed by atoms with Gasteiger partial charge in [0.1, 0.15) is 0 Å². The molecule has 2 aromatic carbocycles. The number of para-hydroxylation sites is 1. The smallest absolute Gasteiger partial charge is 0.255 e. The van der Waals surface area contributed by atoms with Gasteiger partial charge in [0.15, 0.2) is 0 Å².